The van der Waals surface area contributed by atoms with E-state index < -0.39 is 64.4 Å². The number of ketones is 4. The Balaban J connectivity index is 1.44. The number of aromatic hydroxyl groups is 1. The molecule has 1 heterocycles. The summed E-state index contributed by atoms with van der Waals surface area (Å²) >= 11 is 0. The Labute approximate surface area is 260 Å². The van der Waals surface area contributed by atoms with Gasteiger partial charge in [-0.15, -0.1) is 0 Å². The summed E-state index contributed by atoms with van der Waals surface area (Å²) in [4.78, 5) is 71.1. The second kappa shape index (κ2) is 11.4. The van der Waals surface area contributed by atoms with Crippen molar-refractivity contribution in [3.05, 3.63) is 47.0 Å². The van der Waals surface area contributed by atoms with Gasteiger partial charge >= 0.3 is 0 Å². The molecule has 0 radical (unpaired) electrons. The first-order chi connectivity index (χ1) is 21.4. The van der Waals surface area contributed by atoms with Crippen LogP contribution in [-0.4, -0.2) is 108 Å². The predicted molar refractivity (Wildman–Crippen MR) is 159 cm³/mol. The van der Waals surface area contributed by atoms with Crippen molar-refractivity contribution in [1.82, 2.24) is 9.80 Å². The highest BCUT2D eigenvalue weighted by Crippen LogP contribution is 2.52. The van der Waals surface area contributed by atoms with Crippen molar-refractivity contribution >= 4 is 29.0 Å². The topological polar surface area (TPSA) is 177 Å². The van der Waals surface area contributed by atoms with Gasteiger partial charge in [0.25, 0.3) is 0 Å². The molecule has 4 N–H and O–H groups in total. The molecule has 3 aliphatic carbocycles. The third-order valence-electron chi connectivity index (χ3n) is 10.0. The number of likely N-dealkylation sites (N-methyl/N-ethyl adjacent to an activating group) is 1. The number of nitrogens with two attached hydrogens (primary N) is 1. The minimum atomic E-state index is -2.76. The summed E-state index contributed by atoms with van der Waals surface area (Å²) in [7, 11) is 4.66. The third-order valence-corrected chi connectivity index (χ3v) is 10.0. The zero-order valence-corrected chi connectivity index (χ0v) is 25.4. The molecule has 12 heteroatoms. The van der Waals surface area contributed by atoms with Crippen LogP contribution in [0.25, 0.3) is 11.1 Å². The summed E-state index contributed by atoms with van der Waals surface area (Å²) in [5.41, 5.74) is 5.48. The normalized spacial score (nSPS) is 30.1. The van der Waals surface area contributed by atoms with Gasteiger partial charge in [-0.05, 0) is 67.7 Å². The summed E-state index contributed by atoms with van der Waals surface area (Å²) < 4.78 is 11.2. The maximum absolute atomic E-state index is 14.1. The highest BCUT2D eigenvalue weighted by Gasteiger charge is 2.69. The molecule has 6 rings (SSSR count). The zero-order chi connectivity index (χ0) is 32.4. The van der Waals surface area contributed by atoms with Crippen molar-refractivity contribution in [1.29, 1.82) is 0 Å². The van der Waals surface area contributed by atoms with Crippen LogP contribution in [0.4, 0.5) is 0 Å². The number of primary amides is 1. The van der Waals surface area contributed by atoms with E-state index >= 15 is 0 Å². The van der Waals surface area contributed by atoms with Crippen molar-refractivity contribution in [2.75, 3.05) is 47.5 Å². The Morgan fingerprint density at radius 2 is 1.80 bits per heavy atom. The average Bonchev–Trinajstić information content (AvgIpc) is 2.99. The maximum Gasteiger partial charge on any atom is 0.235 e. The first-order valence-corrected chi connectivity index (χ1v) is 15.1. The van der Waals surface area contributed by atoms with Crippen LogP contribution < -0.4 is 10.5 Å². The number of phenols is 1. The van der Waals surface area contributed by atoms with E-state index in [2.05, 4.69) is 4.90 Å². The van der Waals surface area contributed by atoms with Crippen molar-refractivity contribution in [2.45, 2.75) is 31.0 Å². The van der Waals surface area contributed by atoms with E-state index in [4.69, 9.17) is 15.2 Å². The number of nitrogens with zero attached hydrogens (tertiary/aromatic N) is 2. The summed E-state index contributed by atoms with van der Waals surface area (Å²) in [6, 6.07) is 7.77. The van der Waals surface area contributed by atoms with E-state index in [0.717, 1.165) is 18.7 Å². The van der Waals surface area contributed by atoms with Crippen LogP contribution in [0, 0.1) is 23.7 Å². The zero-order valence-electron chi connectivity index (χ0n) is 25.4. The van der Waals surface area contributed by atoms with Gasteiger partial charge in [-0.1, -0.05) is 12.1 Å². The fourth-order valence-corrected chi connectivity index (χ4v) is 7.94. The fourth-order valence-electron chi connectivity index (χ4n) is 7.94. The molecule has 0 bridgehead atoms. The monoisotopic (exact) mass is 619 g/mol. The Morgan fingerprint density at radius 1 is 1.09 bits per heavy atom. The number of ether oxygens (including phenoxy) is 2. The lowest BCUT2D eigenvalue weighted by Crippen LogP contribution is -2.74. The van der Waals surface area contributed by atoms with Crippen LogP contribution in [0.5, 0.6) is 11.5 Å². The first-order valence-electron chi connectivity index (χ1n) is 15.1. The lowest BCUT2D eigenvalue weighted by atomic mass is 9.52. The number of methoxy groups -OCH3 is 1. The van der Waals surface area contributed by atoms with Gasteiger partial charge in [-0.25, -0.2) is 0 Å². The fraction of sp³-hybridized carbons (Fsp3) is 0.485. The lowest BCUT2D eigenvalue weighted by Gasteiger charge is -2.52. The van der Waals surface area contributed by atoms with E-state index in [1.165, 1.54) is 11.0 Å². The molecule has 0 spiro atoms. The highest BCUT2D eigenvalue weighted by atomic mass is 16.5. The van der Waals surface area contributed by atoms with Crippen LogP contribution in [0.3, 0.4) is 0 Å². The molecule has 2 saturated carbocycles. The molecule has 1 aliphatic heterocycles. The second-order valence-electron chi connectivity index (χ2n) is 12.7. The van der Waals surface area contributed by atoms with Crippen molar-refractivity contribution in [3.63, 3.8) is 0 Å². The molecule has 6 atom stereocenters. The van der Waals surface area contributed by atoms with Gasteiger partial charge in [-0.3, -0.25) is 33.8 Å². The lowest BCUT2D eigenvalue weighted by molar-refractivity contribution is -0.181. The molecule has 45 heavy (non-hydrogen) atoms. The molecular formula is C33H37N3O9. The molecule has 1 amide bonds. The molecule has 2 aromatic rings. The molecule has 12 nitrogen and oxygen atoms in total. The molecule has 238 valence electrons. The number of carbonyl (C=O) groups is 5. The number of hydrogen-bond donors (Lipinski definition) is 3. The Morgan fingerprint density at radius 3 is 2.44 bits per heavy atom. The first kappa shape index (κ1) is 31.0. The third kappa shape index (κ3) is 4.78. The van der Waals surface area contributed by atoms with Gasteiger partial charge in [0, 0.05) is 31.1 Å². The van der Waals surface area contributed by atoms with E-state index in [0.29, 0.717) is 42.2 Å². The van der Waals surface area contributed by atoms with Crippen LogP contribution >= 0.6 is 0 Å². The van der Waals surface area contributed by atoms with Crippen LogP contribution in [-0.2, 0) is 36.9 Å². The molecule has 3 fully saturated rings. The maximum atomic E-state index is 14.1. The quantitative estimate of drug-likeness (QED) is 0.381. The van der Waals surface area contributed by atoms with Gasteiger partial charge in [-0.2, -0.15) is 0 Å². The van der Waals surface area contributed by atoms with E-state index in [-0.39, 0.29) is 24.2 Å². The van der Waals surface area contributed by atoms with Gasteiger partial charge in [0.1, 0.15) is 11.5 Å². The smallest absolute Gasteiger partial charge is 0.235 e. The number of carbonyl (C=O) groups excluding carboxylic acids is 5. The van der Waals surface area contributed by atoms with Crippen LogP contribution in [0.15, 0.2) is 30.3 Å². The van der Waals surface area contributed by atoms with Gasteiger partial charge in [0.05, 0.1) is 37.8 Å². The SMILES string of the molecule is COc1ccc(CN2CCOCC2)cc1-c1ccc(O)c2c1CC1CC3[C@H](N(C)C)C(=O)C(C(N)=O)C(=O)[C@@]3(O)C(=O)C1C2=O. The van der Waals surface area contributed by atoms with Gasteiger partial charge in [0.15, 0.2) is 34.7 Å². The number of fused-ring (bicyclic) bond motifs is 3. The number of Topliss-reactive ketones (excluding diaryl/α,β-unsaturated/α-hetero) is 4. The number of amides is 1. The standard InChI is InChI=1S/C33H37N3O9/c1-35(2)27-21-14-17-13-20-18(19-12-16(4-7-23(19)44-3)15-36-8-10-45-11-9-36)5-6-22(37)25(20)28(38)24(17)30(40)33(21,43)31(41)26(29(27)39)32(34)42/h4-7,12,17,21,24,26-27,37,43H,8-11,13-15H2,1-3H3,(H2,34,42)/t17?,21?,24?,26?,27-,33-/m0/s1. The van der Waals surface area contributed by atoms with Gasteiger partial charge < -0.3 is 25.4 Å². The van der Waals surface area contributed by atoms with Crippen molar-refractivity contribution in [3.8, 4) is 22.6 Å². The number of morpholine rings is 1. The Kier molecular flexibility index (Phi) is 7.88. The molecule has 1 saturated heterocycles. The van der Waals surface area contributed by atoms with Crippen molar-refractivity contribution < 1.29 is 43.7 Å². The minimum absolute atomic E-state index is 0.0206. The second-order valence-corrected chi connectivity index (χ2v) is 12.7. The summed E-state index contributed by atoms with van der Waals surface area (Å²) in [6.45, 7) is 3.59. The number of benzene rings is 2. The summed E-state index contributed by atoms with van der Waals surface area (Å²) in [6.07, 6.45) is 0.139. The molecule has 4 aliphatic rings. The molecule has 2 aromatic carbocycles. The highest BCUT2D eigenvalue weighted by molar-refractivity contribution is 6.32. The summed E-state index contributed by atoms with van der Waals surface area (Å²) in [5.74, 6) is -10.2. The molecule has 4 unspecified atom stereocenters. The predicted octanol–water partition coefficient (Wildman–Crippen LogP) is 0.375. The summed E-state index contributed by atoms with van der Waals surface area (Å²) in [5, 5.41) is 22.8. The number of aliphatic hydroxyl groups is 1. The largest absolute Gasteiger partial charge is 0.507 e. The minimum Gasteiger partial charge on any atom is -0.507 e. The average molecular weight is 620 g/mol. The Bertz CT molecular complexity index is 1610. The van der Waals surface area contributed by atoms with E-state index in [1.54, 1.807) is 27.3 Å². The van der Waals surface area contributed by atoms with E-state index in [1.807, 2.05) is 18.2 Å². The Hall–Kier alpha value is -3.97. The van der Waals surface area contributed by atoms with Gasteiger partial charge in [0.2, 0.25) is 5.91 Å². The number of phenolic OH excluding ortho intramolecular Hbond substituents is 1. The molecule has 0 aromatic heterocycles. The van der Waals surface area contributed by atoms with Crippen LogP contribution in [0.1, 0.15) is 27.9 Å². The number of hydrogen-bond acceptors (Lipinski definition) is 11. The molecular weight excluding hydrogens is 582 g/mol. The van der Waals surface area contributed by atoms with Crippen molar-refractivity contribution in [2.24, 2.45) is 29.4 Å². The van der Waals surface area contributed by atoms with E-state index in [9.17, 15) is 34.2 Å². The number of rotatable bonds is 6. The van der Waals surface area contributed by atoms with Crippen LogP contribution in [0.2, 0.25) is 0 Å².